The van der Waals surface area contributed by atoms with Gasteiger partial charge in [-0.1, -0.05) is 13.8 Å². The second kappa shape index (κ2) is 4.82. The molecule has 0 aromatic rings. The maximum atomic E-state index is 10.9. The highest BCUT2D eigenvalue weighted by Crippen LogP contribution is 2.39. The monoisotopic (exact) mass is 228 g/mol. The highest BCUT2D eigenvalue weighted by Gasteiger charge is 2.51. The van der Waals surface area contributed by atoms with Gasteiger partial charge in [-0.05, 0) is 18.8 Å². The average molecular weight is 228 g/mol. The third-order valence-electron chi connectivity index (χ3n) is 3.65. The summed E-state index contributed by atoms with van der Waals surface area (Å²) in [5.41, 5.74) is 0. The fourth-order valence-corrected chi connectivity index (χ4v) is 2.59. The zero-order valence-electron chi connectivity index (χ0n) is 10.1. The standard InChI is InChI=1S/C12H20O4/c1-4-8(6-13)10-7(2)5-9(15-10)11-12(14-3)16-11/h6-12H,4-5H2,1-3H3/t7-,8+,9-,10-,11-,12+/m0/s1. The molecule has 0 aliphatic carbocycles. The molecule has 2 aliphatic heterocycles. The van der Waals surface area contributed by atoms with Gasteiger partial charge in [-0.25, -0.2) is 0 Å². The number of carbonyl (C=O) groups excluding carboxylic acids is 1. The first-order valence-corrected chi connectivity index (χ1v) is 6.00. The molecule has 4 nitrogen and oxygen atoms in total. The molecular weight excluding hydrogens is 208 g/mol. The van der Waals surface area contributed by atoms with Crippen LogP contribution in [0.2, 0.25) is 0 Å². The molecule has 2 aliphatic rings. The summed E-state index contributed by atoms with van der Waals surface area (Å²) in [4.78, 5) is 10.9. The van der Waals surface area contributed by atoms with E-state index in [-0.39, 0.29) is 30.5 Å². The summed E-state index contributed by atoms with van der Waals surface area (Å²) in [7, 11) is 1.64. The normalized spacial score (nSPS) is 44.3. The van der Waals surface area contributed by atoms with Gasteiger partial charge in [0.15, 0.2) is 6.29 Å². The molecule has 0 aromatic heterocycles. The lowest BCUT2D eigenvalue weighted by Gasteiger charge is -2.20. The Morgan fingerprint density at radius 2 is 2.25 bits per heavy atom. The largest absolute Gasteiger partial charge is 0.371 e. The van der Waals surface area contributed by atoms with Crippen molar-refractivity contribution in [3.8, 4) is 0 Å². The zero-order chi connectivity index (χ0) is 11.7. The fourth-order valence-electron chi connectivity index (χ4n) is 2.59. The van der Waals surface area contributed by atoms with Gasteiger partial charge in [-0.2, -0.15) is 0 Å². The van der Waals surface area contributed by atoms with E-state index in [1.54, 1.807) is 7.11 Å². The molecule has 0 unspecified atom stereocenters. The van der Waals surface area contributed by atoms with Gasteiger partial charge in [0.25, 0.3) is 0 Å². The molecule has 0 spiro atoms. The maximum Gasteiger partial charge on any atom is 0.186 e. The van der Waals surface area contributed by atoms with Crippen molar-refractivity contribution < 1.29 is 19.0 Å². The van der Waals surface area contributed by atoms with E-state index in [0.717, 1.165) is 19.1 Å². The Labute approximate surface area is 96.2 Å². The molecule has 2 rings (SSSR count). The lowest BCUT2D eigenvalue weighted by molar-refractivity contribution is -0.117. The molecule has 16 heavy (non-hydrogen) atoms. The first-order valence-electron chi connectivity index (χ1n) is 6.00. The molecule has 2 saturated heterocycles. The highest BCUT2D eigenvalue weighted by molar-refractivity contribution is 5.54. The molecule has 0 saturated carbocycles. The van der Waals surface area contributed by atoms with Gasteiger partial charge in [0.1, 0.15) is 12.4 Å². The number of rotatable bonds is 5. The Morgan fingerprint density at radius 3 is 2.75 bits per heavy atom. The third kappa shape index (κ3) is 2.14. The van der Waals surface area contributed by atoms with E-state index >= 15 is 0 Å². The lowest BCUT2D eigenvalue weighted by atomic mass is 9.90. The number of ether oxygens (including phenoxy) is 3. The van der Waals surface area contributed by atoms with Crippen LogP contribution in [0.5, 0.6) is 0 Å². The van der Waals surface area contributed by atoms with Crippen molar-refractivity contribution in [1.82, 2.24) is 0 Å². The molecular formula is C12H20O4. The second-order valence-corrected chi connectivity index (χ2v) is 4.77. The first-order chi connectivity index (χ1) is 7.71. The number of methoxy groups -OCH3 is 1. The SMILES string of the molecule is CC[C@H](C=O)[C@H]1O[C@H]([C@@H]2O[C@H]2OC)C[C@@H]1C. The molecule has 0 N–H and O–H groups in total. The summed E-state index contributed by atoms with van der Waals surface area (Å²) < 4.78 is 16.4. The first kappa shape index (κ1) is 12.0. The summed E-state index contributed by atoms with van der Waals surface area (Å²) >= 11 is 0. The van der Waals surface area contributed by atoms with Crippen LogP contribution >= 0.6 is 0 Å². The number of hydrogen-bond donors (Lipinski definition) is 0. The zero-order valence-corrected chi connectivity index (χ0v) is 10.1. The minimum Gasteiger partial charge on any atom is -0.371 e. The maximum absolute atomic E-state index is 10.9. The van der Waals surface area contributed by atoms with Gasteiger partial charge in [0.05, 0.1) is 12.2 Å². The van der Waals surface area contributed by atoms with Crippen LogP contribution in [0.15, 0.2) is 0 Å². The molecule has 0 bridgehead atoms. The van der Waals surface area contributed by atoms with Crippen LogP contribution in [0, 0.1) is 11.8 Å². The van der Waals surface area contributed by atoms with Gasteiger partial charge >= 0.3 is 0 Å². The number of hydrogen-bond acceptors (Lipinski definition) is 4. The van der Waals surface area contributed by atoms with Crippen molar-refractivity contribution in [2.24, 2.45) is 11.8 Å². The number of epoxide rings is 1. The van der Waals surface area contributed by atoms with E-state index < -0.39 is 0 Å². The Hall–Kier alpha value is -0.450. The van der Waals surface area contributed by atoms with E-state index in [4.69, 9.17) is 14.2 Å². The number of carbonyl (C=O) groups is 1. The van der Waals surface area contributed by atoms with Crippen molar-refractivity contribution in [3.05, 3.63) is 0 Å². The van der Waals surface area contributed by atoms with Gasteiger partial charge in [0.2, 0.25) is 0 Å². The summed E-state index contributed by atoms with van der Waals surface area (Å²) in [5.74, 6) is 0.432. The smallest absolute Gasteiger partial charge is 0.186 e. The molecule has 0 radical (unpaired) electrons. The average Bonchev–Trinajstić information content (AvgIpc) is 2.99. The van der Waals surface area contributed by atoms with Crippen LogP contribution in [0.4, 0.5) is 0 Å². The minimum atomic E-state index is -0.104. The van der Waals surface area contributed by atoms with Gasteiger partial charge < -0.3 is 19.0 Å². The Bertz CT molecular complexity index is 255. The summed E-state index contributed by atoms with van der Waals surface area (Å²) in [5, 5.41) is 0. The van der Waals surface area contributed by atoms with Crippen LogP contribution in [0.25, 0.3) is 0 Å². The molecule has 0 aromatic carbocycles. The topological polar surface area (TPSA) is 48.1 Å². The van der Waals surface area contributed by atoms with Crippen LogP contribution in [-0.2, 0) is 19.0 Å². The second-order valence-electron chi connectivity index (χ2n) is 4.77. The molecule has 6 atom stereocenters. The van der Waals surface area contributed by atoms with Crippen LogP contribution < -0.4 is 0 Å². The van der Waals surface area contributed by atoms with E-state index in [2.05, 4.69) is 6.92 Å². The van der Waals surface area contributed by atoms with Crippen molar-refractivity contribution in [1.29, 1.82) is 0 Å². The lowest BCUT2D eigenvalue weighted by Crippen LogP contribution is -2.27. The van der Waals surface area contributed by atoms with Gasteiger partial charge in [0, 0.05) is 13.0 Å². The third-order valence-corrected chi connectivity index (χ3v) is 3.65. The molecule has 4 heteroatoms. The molecule has 2 fully saturated rings. The fraction of sp³-hybridized carbons (Fsp3) is 0.917. The molecule has 0 amide bonds. The molecule has 2 heterocycles. The van der Waals surface area contributed by atoms with Crippen molar-refractivity contribution in [2.45, 2.75) is 51.3 Å². The van der Waals surface area contributed by atoms with Crippen molar-refractivity contribution in [3.63, 3.8) is 0 Å². The minimum absolute atomic E-state index is 0.0137. The van der Waals surface area contributed by atoms with Crippen molar-refractivity contribution in [2.75, 3.05) is 7.11 Å². The summed E-state index contributed by atoms with van der Waals surface area (Å²) in [6, 6.07) is 0. The predicted octanol–water partition coefficient (Wildman–Crippen LogP) is 1.38. The summed E-state index contributed by atoms with van der Waals surface area (Å²) in [6.45, 7) is 4.16. The van der Waals surface area contributed by atoms with E-state index in [1.165, 1.54) is 0 Å². The van der Waals surface area contributed by atoms with Crippen LogP contribution in [0.3, 0.4) is 0 Å². The Balaban J connectivity index is 1.91. The van der Waals surface area contributed by atoms with E-state index in [9.17, 15) is 4.79 Å². The Morgan fingerprint density at radius 1 is 1.50 bits per heavy atom. The highest BCUT2D eigenvalue weighted by atomic mass is 16.8. The summed E-state index contributed by atoms with van der Waals surface area (Å²) in [6.07, 6.45) is 2.93. The van der Waals surface area contributed by atoms with Gasteiger partial charge in [-0.3, -0.25) is 0 Å². The molecule has 92 valence electrons. The number of aldehydes is 1. The van der Waals surface area contributed by atoms with Crippen LogP contribution in [-0.4, -0.2) is 38.0 Å². The quantitative estimate of drug-likeness (QED) is 0.527. The van der Waals surface area contributed by atoms with Crippen molar-refractivity contribution >= 4 is 6.29 Å². The van der Waals surface area contributed by atoms with Gasteiger partial charge in [-0.15, -0.1) is 0 Å². The predicted molar refractivity (Wildman–Crippen MR) is 58.0 cm³/mol. The van der Waals surface area contributed by atoms with E-state index in [1.807, 2.05) is 6.92 Å². The Kier molecular flexibility index (Phi) is 3.62. The van der Waals surface area contributed by atoms with Crippen LogP contribution in [0.1, 0.15) is 26.7 Å². The van der Waals surface area contributed by atoms with E-state index in [0.29, 0.717) is 5.92 Å².